The summed E-state index contributed by atoms with van der Waals surface area (Å²) in [5.74, 6) is -1.43. The third-order valence-corrected chi connectivity index (χ3v) is 4.32. The Bertz CT molecular complexity index is 779. The van der Waals surface area contributed by atoms with E-state index in [1.165, 1.54) is 13.2 Å². The van der Waals surface area contributed by atoms with E-state index < -0.39 is 30.1 Å². The van der Waals surface area contributed by atoms with Crippen molar-refractivity contribution in [2.45, 2.75) is 65.1 Å². The number of esters is 1. The molecule has 4 N–H and O–H groups in total. The van der Waals surface area contributed by atoms with Gasteiger partial charge in [0, 0.05) is 6.42 Å². The van der Waals surface area contributed by atoms with Crippen molar-refractivity contribution < 1.29 is 28.7 Å². The molecule has 32 heavy (non-hydrogen) atoms. The minimum atomic E-state index is -0.922. The second-order valence-electron chi connectivity index (χ2n) is 7.79. The fraction of sp³-hybridized carbons (Fsp3) is 0.478. The number of unbranched alkanes of at least 4 members (excludes halogenated alkanes) is 1. The van der Waals surface area contributed by atoms with Crippen molar-refractivity contribution in [2.75, 3.05) is 0 Å². The number of hydrogen-bond donors (Lipinski definition) is 3. The molecule has 2 atom stereocenters. The van der Waals surface area contributed by atoms with Crippen molar-refractivity contribution in [1.29, 1.82) is 0 Å². The van der Waals surface area contributed by atoms with Gasteiger partial charge in [0.05, 0.1) is 6.26 Å². The van der Waals surface area contributed by atoms with Gasteiger partial charge in [-0.25, -0.2) is 9.59 Å². The summed E-state index contributed by atoms with van der Waals surface area (Å²) in [5.41, 5.74) is 5.87. The van der Waals surface area contributed by atoms with E-state index in [1.54, 1.807) is 6.08 Å². The molecule has 0 aliphatic rings. The predicted molar refractivity (Wildman–Crippen MR) is 119 cm³/mol. The van der Waals surface area contributed by atoms with Crippen LogP contribution in [0.5, 0.6) is 0 Å². The smallest absolute Gasteiger partial charge is 0.408 e. The van der Waals surface area contributed by atoms with Crippen LogP contribution < -0.4 is 16.4 Å². The van der Waals surface area contributed by atoms with Crippen molar-refractivity contribution in [3.8, 4) is 0 Å². The second-order valence-corrected chi connectivity index (χ2v) is 7.79. The van der Waals surface area contributed by atoms with E-state index in [2.05, 4.69) is 10.6 Å². The van der Waals surface area contributed by atoms with Crippen LogP contribution in [0.1, 0.15) is 52.0 Å². The molecule has 0 aliphatic carbocycles. The summed E-state index contributed by atoms with van der Waals surface area (Å²) in [5, 5.41) is 5.11. The number of nitrogens with two attached hydrogens (primary N) is 1. The van der Waals surface area contributed by atoms with E-state index in [4.69, 9.17) is 15.2 Å². The van der Waals surface area contributed by atoms with E-state index >= 15 is 0 Å². The molecule has 0 fully saturated rings. The first-order valence-corrected chi connectivity index (χ1v) is 10.6. The number of amides is 3. The van der Waals surface area contributed by atoms with E-state index in [0.717, 1.165) is 5.56 Å². The normalized spacial score (nSPS) is 12.8. The molecule has 176 valence electrons. The van der Waals surface area contributed by atoms with Gasteiger partial charge in [0.15, 0.2) is 0 Å². The Kier molecular flexibility index (Phi) is 12.2. The number of alkyl carbamates (subject to hydrolysis) is 1. The lowest BCUT2D eigenvalue weighted by Crippen LogP contribution is -2.51. The molecule has 1 aromatic rings. The molecular weight excluding hydrogens is 414 g/mol. The van der Waals surface area contributed by atoms with Crippen LogP contribution in [-0.4, -0.2) is 36.0 Å². The van der Waals surface area contributed by atoms with E-state index in [1.807, 2.05) is 44.2 Å². The second kappa shape index (κ2) is 14.6. The van der Waals surface area contributed by atoms with Crippen LogP contribution in [0.3, 0.4) is 0 Å². The Morgan fingerprint density at radius 2 is 1.75 bits per heavy atom. The number of hydrogen-bond acceptors (Lipinski definition) is 6. The zero-order chi connectivity index (χ0) is 23.9. The van der Waals surface area contributed by atoms with Gasteiger partial charge in [0.2, 0.25) is 11.8 Å². The molecule has 0 spiro atoms. The standard InChI is InChI=1S/C23H33N3O6/c1-16(2)14-19(26-23(30)32-15-18-10-6-4-7-11-18)21(28)25-17(3)22(29)31-13-9-5-8-12-20(24)27/h4,6-7,9-11,13,16-17,19H,5,8,12,14-15H2,1-3H3,(H2,24,27)(H,25,28)(H,26,30)/b13-9-/t17-,19-/m0/s1. The maximum atomic E-state index is 12.6. The van der Waals surface area contributed by atoms with Crippen molar-refractivity contribution in [2.24, 2.45) is 11.7 Å². The topological polar surface area (TPSA) is 137 Å². The largest absolute Gasteiger partial charge is 0.445 e. The summed E-state index contributed by atoms with van der Waals surface area (Å²) >= 11 is 0. The first kappa shape index (κ1) is 26.7. The molecule has 9 nitrogen and oxygen atoms in total. The first-order valence-electron chi connectivity index (χ1n) is 10.6. The summed E-state index contributed by atoms with van der Waals surface area (Å²) in [6.45, 7) is 5.40. The number of rotatable bonds is 13. The Morgan fingerprint density at radius 3 is 2.38 bits per heavy atom. The number of benzene rings is 1. The summed E-state index contributed by atoms with van der Waals surface area (Å²) < 4.78 is 10.2. The third kappa shape index (κ3) is 11.7. The van der Waals surface area contributed by atoms with Crippen LogP contribution in [-0.2, 0) is 30.5 Å². The van der Waals surface area contributed by atoms with Gasteiger partial charge in [-0.15, -0.1) is 0 Å². The van der Waals surface area contributed by atoms with Crippen LogP contribution >= 0.6 is 0 Å². The highest BCUT2D eigenvalue weighted by Gasteiger charge is 2.26. The molecule has 0 bridgehead atoms. The quantitative estimate of drug-likeness (QED) is 0.241. The van der Waals surface area contributed by atoms with E-state index in [-0.39, 0.29) is 24.9 Å². The van der Waals surface area contributed by atoms with Crippen molar-refractivity contribution in [1.82, 2.24) is 10.6 Å². The number of carbonyl (C=O) groups is 4. The molecule has 0 heterocycles. The maximum absolute atomic E-state index is 12.6. The van der Waals surface area contributed by atoms with Crippen LogP contribution in [0.4, 0.5) is 4.79 Å². The van der Waals surface area contributed by atoms with Crippen LogP contribution in [0.15, 0.2) is 42.7 Å². The molecule has 0 aliphatic heterocycles. The lowest BCUT2D eigenvalue weighted by atomic mass is 10.0. The highest BCUT2D eigenvalue weighted by atomic mass is 16.5. The zero-order valence-corrected chi connectivity index (χ0v) is 18.8. The highest BCUT2D eigenvalue weighted by Crippen LogP contribution is 2.07. The Labute approximate surface area is 188 Å². The monoisotopic (exact) mass is 447 g/mol. The lowest BCUT2D eigenvalue weighted by Gasteiger charge is -2.21. The summed E-state index contributed by atoms with van der Waals surface area (Å²) in [6.07, 6.45) is 3.80. The molecule has 0 unspecified atom stereocenters. The van der Waals surface area contributed by atoms with Gasteiger partial charge >= 0.3 is 12.1 Å². The minimum Gasteiger partial charge on any atom is -0.445 e. The summed E-state index contributed by atoms with van der Waals surface area (Å²) in [4.78, 5) is 47.5. The van der Waals surface area contributed by atoms with Gasteiger partial charge in [0.1, 0.15) is 18.7 Å². The highest BCUT2D eigenvalue weighted by molar-refractivity contribution is 5.89. The Hall–Kier alpha value is -3.36. The van der Waals surface area contributed by atoms with Gasteiger partial charge in [-0.1, -0.05) is 44.2 Å². The SMILES string of the molecule is CC(C)C[C@H](NC(=O)OCc1ccccc1)C(=O)N[C@@H](C)C(=O)O/C=C\CCCC(N)=O. The van der Waals surface area contributed by atoms with Crippen molar-refractivity contribution in [3.05, 3.63) is 48.2 Å². The average Bonchev–Trinajstić information content (AvgIpc) is 2.74. The lowest BCUT2D eigenvalue weighted by molar-refractivity contribution is -0.142. The van der Waals surface area contributed by atoms with Crippen LogP contribution in [0.2, 0.25) is 0 Å². The fourth-order valence-electron chi connectivity index (χ4n) is 2.66. The number of nitrogens with one attached hydrogen (secondary N) is 2. The molecule has 1 aromatic carbocycles. The molecule has 3 amide bonds. The zero-order valence-electron chi connectivity index (χ0n) is 18.8. The van der Waals surface area contributed by atoms with E-state index in [0.29, 0.717) is 19.3 Å². The number of primary amides is 1. The van der Waals surface area contributed by atoms with Crippen LogP contribution in [0.25, 0.3) is 0 Å². The van der Waals surface area contributed by atoms with Crippen molar-refractivity contribution in [3.63, 3.8) is 0 Å². The minimum absolute atomic E-state index is 0.0806. The maximum Gasteiger partial charge on any atom is 0.408 e. The molecule has 0 radical (unpaired) electrons. The fourth-order valence-corrected chi connectivity index (χ4v) is 2.66. The van der Waals surface area contributed by atoms with Gasteiger partial charge in [-0.3, -0.25) is 9.59 Å². The van der Waals surface area contributed by atoms with Crippen molar-refractivity contribution >= 4 is 23.9 Å². The third-order valence-electron chi connectivity index (χ3n) is 4.32. The molecular formula is C23H33N3O6. The van der Waals surface area contributed by atoms with Crippen LogP contribution in [0, 0.1) is 5.92 Å². The number of ether oxygens (including phenoxy) is 2. The molecule has 1 rings (SSSR count). The molecule has 0 saturated heterocycles. The van der Waals surface area contributed by atoms with Gasteiger partial charge in [0.25, 0.3) is 0 Å². The molecule has 0 saturated carbocycles. The molecule has 0 aromatic heterocycles. The Balaban J connectivity index is 2.51. The predicted octanol–water partition coefficient (Wildman–Crippen LogP) is 2.54. The molecule has 9 heteroatoms. The summed E-state index contributed by atoms with van der Waals surface area (Å²) in [7, 11) is 0. The number of carbonyl (C=O) groups excluding carboxylic acids is 4. The summed E-state index contributed by atoms with van der Waals surface area (Å²) in [6, 6.07) is 7.40. The number of allylic oxidation sites excluding steroid dienone is 1. The van der Waals surface area contributed by atoms with Gasteiger partial charge in [-0.05, 0) is 43.7 Å². The van der Waals surface area contributed by atoms with Gasteiger partial charge in [-0.2, -0.15) is 0 Å². The van der Waals surface area contributed by atoms with E-state index in [9.17, 15) is 19.2 Å². The first-order chi connectivity index (χ1) is 15.2. The van der Waals surface area contributed by atoms with Gasteiger partial charge < -0.3 is 25.8 Å². The average molecular weight is 448 g/mol. The Morgan fingerprint density at radius 1 is 1.06 bits per heavy atom.